The summed E-state index contributed by atoms with van der Waals surface area (Å²) in [6, 6.07) is 6.62. The number of rotatable bonds is 2. The standard InChI is InChI=1S/C20H24F3N3O/c1-13-6-4-7-14-8-5-11-25(18(13)14)17(27)12-26-16-10-3-2-9-15(16)24-19(26)20(21,22)23/h2-3,9-10,13-14,18H,4-8,11-12H2,1H3/t13-,14+,18-/m1/s1. The highest BCUT2D eigenvalue weighted by atomic mass is 19.4. The Hall–Kier alpha value is -2.05. The fourth-order valence-corrected chi connectivity index (χ4v) is 5.03. The van der Waals surface area contributed by atoms with Gasteiger partial charge in [-0.15, -0.1) is 0 Å². The van der Waals surface area contributed by atoms with Crippen molar-refractivity contribution in [2.24, 2.45) is 11.8 Å². The Morgan fingerprint density at radius 2 is 1.93 bits per heavy atom. The van der Waals surface area contributed by atoms with Gasteiger partial charge in [-0.05, 0) is 49.7 Å². The number of amides is 1. The highest BCUT2D eigenvalue weighted by Crippen LogP contribution is 2.39. The molecule has 2 aromatic rings. The second kappa shape index (κ2) is 6.84. The molecule has 3 atom stereocenters. The number of hydrogen-bond donors (Lipinski definition) is 0. The van der Waals surface area contributed by atoms with Crippen molar-refractivity contribution < 1.29 is 18.0 Å². The number of carbonyl (C=O) groups excluding carboxylic acids is 1. The van der Waals surface area contributed by atoms with Crippen LogP contribution >= 0.6 is 0 Å². The summed E-state index contributed by atoms with van der Waals surface area (Å²) >= 11 is 0. The van der Waals surface area contributed by atoms with Crippen molar-refractivity contribution in [3.63, 3.8) is 0 Å². The van der Waals surface area contributed by atoms with E-state index in [1.807, 2.05) is 4.90 Å². The molecule has 0 unspecified atom stereocenters. The van der Waals surface area contributed by atoms with Crippen LogP contribution in [0.25, 0.3) is 11.0 Å². The first-order valence-electron chi connectivity index (χ1n) is 9.68. The molecule has 4 rings (SSSR count). The number of para-hydroxylation sites is 2. The number of likely N-dealkylation sites (tertiary alicyclic amines) is 1. The number of hydrogen-bond acceptors (Lipinski definition) is 2. The van der Waals surface area contributed by atoms with Gasteiger partial charge >= 0.3 is 6.18 Å². The van der Waals surface area contributed by atoms with Crippen molar-refractivity contribution in [2.75, 3.05) is 6.54 Å². The van der Waals surface area contributed by atoms with Crippen molar-refractivity contribution >= 4 is 16.9 Å². The Balaban J connectivity index is 1.66. The number of alkyl halides is 3. The highest BCUT2D eigenvalue weighted by Gasteiger charge is 2.41. The lowest BCUT2D eigenvalue weighted by Crippen LogP contribution is -2.53. The summed E-state index contributed by atoms with van der Waals surface area (Å²) in [6.45, 7) is 2.49. The van der Waals surface area contributed by atoms with Crippen molar-refractivity contribution in [1.29, 1.82) is 0 Å². The molecular weight excluding hydrogens is 355 g/mol. The summed E-state index contributed by atoms with van der Waals surface area (Å²) < 4.78 is 41.5. The minimum atomic E-state index is -4.60. The SMILES string of the molecule is C[C@@H]1CCC[C@H]2CCCN(C(=O)Cn3c(C(F)(F)F)nc4ccccc43)[C@@H]21. The van der Waals surface area contributed by atoms with Crippen molar-refractivity contribution in [3.8, 4) is 0 Å². The normalized spacial score (nSPS) is 26.2. The molecule has 1 aromatic carbocycles. The predicted molar refractivity (Wildman–Crippen MR) is 96.0 cm³/mol. The third-order valence-electron chi connectivity index (χ3n) is 6.16. The van der Waals surface area contributed by atoms with Crippen LogP contribution < -0.4 is 0 Å². The van der Waals surface area contributed by atoms with Crippen LogP contribution in [-0.4, -0.2) is 32.9 Å². The summed E-state index contributed by atoms with van der Waals surface area (Å²) in [5, 5.41) is 0. The molecule has 2 aliphatic rings. The van der Waals surface area contributed by atoms with E-state index in [0.717, 1.165) is 30.3 Å². The largest absolute Gasteiger partial charge is 0.449 e. The molecule has 146 valence electrons. The van der Waals surface area contributed by atoms with Crippen LogP contribution in [-0.2, 0) is 17.5 Å². The van der Waals surface area contributed by atoms with Gasteiger partial charge in [0.15, 0.2) is 0 Å². The first-order chi connectivity index (χ1) is 12.9. The lowest BCUT2D eigenvalue weighted by molar-refractivity contribution is -0.149. The van der Waals surface area contributed by atoms with Crippen LogP contribution in [0.15, 0.2) is 24.3 Å². The minimum absolute atomic E-state index is 0.157. The fourth-order valence-electron chi connectivity index (χ4n) is 5.03. The Labute approximate surface area is 156 Å². The van der Waals surface area contributed by atoms with Crippen LogP contribution in [0.5, 0.6) is 0 Å². The van der Waals surface area contributed by atoms with Gasteiger partial charge in [0, 0.05) is 12.6 Å². The van der Waals surface area contributed by atoms with E-state index in [1.54, 1.807) is 24.3 Å². The van der Waals surface area contributed by atoms with Gasteiger partial charge in [0.2, 0.25) is 11.7 Å². The zero-order valence-electron chi connectivity index (χ0n) is 15.4. The van der Waals surface area contributed by atoms with Gasteiger partial charge in [0.05, 0.1) is 11.0 Å². The molecule has 0 N–H and O–H groups in total. The van der Waals surface area contributed by atoms with Crippen LogP contribution in [0, 0.1) is 11.8 Å². The van der Waals surface area contributed by atoms with E-state index in [-0.39, 0.29) is 24.0 Å². The topological polar surface area (TPSA) is 38.1 Å². The van der Waals surface area contributed by atoms with Gasteiger partial charge in [-0.25, -0.2) is 4.98 Å². The monoisotopic (exact) mass is 379 g/mol. The van der Waals surface area contributed by atoms with Crippen LogP contribution in [0.4, 0.5) is 13.2 Å². The van der Waals surface area contributed by atoms with E-state index in [1.165, 1.54) is 6.42 Å². The number of halogens is 3. The van der Waals surface area contributed by atoms with E-state index in [9.17, 15) is 18.0 Å². The van der Waals surface area contributed by atoms with Gasteiger partial charge in [-0.3, -0.25) is 4.79 Å². The van der Waals surface area contributed by atoms with Crippen molar-refractivity contribution in [1.82, 2.24) is 14.5 Å². The number of benzene rings is 1. The molecule has 0 radical (unpaired) electrons. The molecule has 0 spiro atoms. The number of nitrogens with zero attached hydrogens (tertiary/aromatic N) is 3. The maximum absolute atomic E-state index is 13.5. The predicted octanol–water partition coefficient (Wildman–Crippen LogP) is 4.48. The van der Waals surface area contributed by atoms with Gasteiger partial charge in [-0.2, -0.15) is 13.2 Å². The quantitative estimate of drug-likeness (QED) is 0.772. The van der Waals surface area contributed by atoms with Gasteiger partial charge < -0.3 is 9.47 Å². The van der Waals surface area contributed by atoms with Gasteiger partial charge in [-0.1, -0.05) is 25.5 Å². The molecule has 1 saturated heterocycles. The third kappa shape index (κ3) is 3.32. The minimum Gasteiger partial charge on any atom is -0.338 e. The lowest BCUT2D eigenvalue weighted by Gasteiger charge is -2.47. The molecule has 1 aromatic heterocycles. The number of aromatic nitrogens is 2. The Kier molecular flexibility index (Phi) is 4.64. The number of carbonyl (C=O) groups is 1. The molecular formula is C20H24F3N3O. The molecule has 4 nitrogen and oxygen atoms in total. The summed E-state index contributed by atoms with van der Waals surface area (Å²) in [5.74, 6) is -0.350. The average molecular weight is 379 g/mol. The summed E-state index contributed by atoms with van der Waals surface area (Å²) in [6.07, 6.45) is 0.807. The lowest BCUT2D eigenvalue weighted by atomic mass is 9.73. The zero-order chi connectivity index (χ0) is 19.2. The summed E-state index contributed by atoms with van der Waals surface area (Å²) in [5.41, 5.74) is 0.614. The van der Waals surface area contributed by atoms with E-state index in [2.05, 4.69) is 11.9 Å². The maximum Gasteiger partial charge on any atom is 0.449 e. The number of piperidine rings is 1. The molecule has 0 bridgehead atoms. The third-order valence-corrected chi connectivity index (χ3v) is 6.16. The Bertz CT molecular complexity index is 843. The average Bonchev–Trinajstić information content (AvgIpc) is 3.00. The smallest absolute Gasteiger partial charge is 0.338 e. The van der Waals surface area contributed by atoms with E-state index in [0.29, 0.717) is 23.9 Å². The number of imidazole rings is 1. The maximum atomic E-state index is 13.5. The summed E-state index contributed by atoms with van der Waals surface area (Å²) in [4.78, 5) is 18.7. The van der Waals surface area contributed by atoms with Gasteiger partial charge in [0.1, 0.15) is 6.54 Å². The van der Waals surface area contributed by atoms with Crippen LogP contribution in [0.1, 0.15) is 44.9 Å². The molecule has 1 aliphatic heterocycles. The highest BCUT2D eigenvalue weighted by molar-refractivity contribution is 5.81. The van der Waals surface area contributed by atoms with E-state index >= 15 is 0 Å². The molecule has 27 heavy (non-hydrogen) atoms. The fraction of sp³-hybridized carbons (Fsp3) is 0.600. The molecule has 7 heteroatoms. The molecule has 2 fully saturated rings. The second-order valence-corrected chi connectivity index (χ2v) is 7.90. The van der Waals surface area contributed by atoms with Crippen LogP contribution in [0.2, 0.25) is 0 Å². The Morgan fingerprint density at radius 3 is 2.70 bits per heavy atom. The molecule has 1 amide bonds. The van der Waals surface area contributed by atoms with Crippen molar-refractivity contribution in [3.05, 3.63) is 30.1 Å². The van der Waals surface area contributed by atoms with Crippen LogP contribution in [0.3, 0.4) is 0 Å². The molecule has 1 saturated carbocycles. The first kappa shape index (κ1) is 18.3. The van der Waals surface area contributed by atoms with Crippen molar-refractivity contribution in [2.45, 2.75) is 57.8 Å². The summed E-state index contributed by atoms with van der Waals surface area (Å²) in [7, 11) is 0. The Morgan fingerprint density at radius 1 is 1.19 bits per heavy atom. The first-order valence-corrected chi connectivity index (χ1v) is 9.68. The molecule has 2 heterocycles. The zero-order valence-corrected chi connectivity index (χ0v) is 15.4. The van der Waals surface area contributed by atoms with Gasteiger partial charge in [0.25, 0.3) is 0 Å². The van der Waals surface area contributed by atoms with E-state index < -0.39 is 12.0 Å². The second-order valence-electron chi connectivity index (χ2n) is 7.90. The molecule has 1 aliphatic carbocycles. The van der Waals surface area contributed by atoms with E-state index in [4.69, 9.17) is 0 Å². The number of fused-ring (bicyclic) bond motifs is 2.